The minimum atomic E-state index is 0.184. The third kappa shape index (κ3) is 19.1. The van der Waals surface area contributed by atoms with Gasteiger partial charge in [-0.25, -0.2) is 0 Å². The van der Waals surface area contributed by atoms with Gasteiger partial charge >= 0.3 is 172 Å². The van der Waals surface area contributed by atoms with Crippen LogP contribution in [0, 0.1) is 0 Å². The van der Waals surface area contributed by atoms with Crippen molar-refractivity contribution in [2.75, 3.05) is 0 Å². The Morgan fingerprint density at radius 3 is 0.946 bits per heavy atom. The van der Waals surface area contributed by atoms with Gasteiger partial charge in [-0.15, -0.1) is 0 Å². The molecule has 0 amide bonds. The monoisotopic (exact) mass is 580 g/mol. The fourth-order valence-electron chi connectivity index (χ4n) is 5.25. The first-order chi connectivity index (χ1) is 18.2. The molecular formula is C34H60O2Se. The maximum absolute atomic E-state index is 12.8. The van der Waals surface area contributed by atoms with Crippen LogP contribution >= 0.6 is 0 Å². The van der Waals surface area contributed by atoms with E-state index in [9.17, 15) is 9.59 Å². The molecule has 0 radical (unpaired) electrons. The smallest absolute Gasteiger partial charge is 0.0654 e. The Morgan fingerprint density at radius 1 is 0.432 bits per heavy atom. The fourth-order valence-corrected chi connectivity index (χ4v) is 7.05. The van der Waals surface area contributed by atoms with Crippen molar-refractivity contribution in [3.8, 4) is 0 Å². The summed E-state index contributed by atoms with van der Waals surface area (Å²) in [5.41, 5.74) is 1.51. The molecular weight excluding hydrogens is 519 g/mol. The Balaban J connectivity index is 2.04. The molecule has 0 aliphatic heterocycles. The van der Waals surface area contributed by atoms with Crippen LogP contribution in [-0.4, -0.2) is 26.1 Å². The van der Waals surface area contributed by atoms with Crippen molar-refractivity contribution in [2.45, 2.75) is 181 Å². The van der Waals surface area contributed by atoms with E-state index in [4.69, 9.17) is 0 Å². The fraction of sp³-hybridized carbons (Fsp3) is 0.824. The summed E-state index contributed by atoms with van der Waals surface area (Å²) in [5.74, 6) is 0.418. The normalized spacial score (nSPS) is 11.3. The summed E-state index contributed by atoms with van der Waals surface area (Å²) in [6, 6.07) is 0. The van der Waals surface area contributed by atoms with Crippen molar-refractivity contribution in [1.29, 1.82) is 0 Å². The SMILES string of the molecule is CCCCCCCCCCCCCCC(=O)c1c[se]cc1C(=O)CCCCCCCCCCCCCC. The Bertz CT molecular complexity index is 608. The molecule has 0 unspecified atom stereocenters. The predicted molar refractivity (Wildman–Crippen MR) is 163 cm³/mol. The summed E-state index contributed by atoms with van der Waals surface area (Å²) in [7, 11) is 0. The van der Waals surface area contributed by atoms with Gasteiger partial charge in [0.25, 0.3) is 0 Å². The van der Waals surface area contributed by atoms with Crippen molar-refractivity contribution in [1.82, 2.24) is 0 Å². The van der Waals surface area contributed by atoms with Gasteiger partial charge in [-0.3, -0.25) is 0 Å². The van der Waals surface area contributed by atoms with Crippen LogP contribution in [0.2, 0.25) is 0 Å². The van der Waals surface area contributed by atoms with Gasteiger partial charge in [0.15, 0.2) is 0 Å². The number of Topliss-reactive ketones (excluding diaryl/α,β-unsaturated/α-hetero) is 2. The Kier molecular flexibility index (Phi) is 23.8. The van der Waals surface area contributed by atoms with Gasteiger partial charge in [0.1, 0.15) is 0 Å². The van der Waals surface area contributed by atoms with Crippen molar-refractivity contribution in [2.24, 2.45) is 0 Å². The minimum absolute atomic E-state index is 0.184. The van der Waals surface area contributed by atoms with Gasteiger partial charge in [-0.1, -0.05) is 65.2 Å². The quantitative estimate of drug-likeness (QED) is 0.0562. The van der Waals surface area contributed by atoms with Crippen LogP contribution in [0.4, 0.5) is 0 Å². The molecule has 0 N–H and O–H groups in total. The second kappa shape index (κ2) is 25.6. The van der Waals surface area contributed by atoms with Gasteiger partial charge < -0.3 is 0 Å². The van der Waals surface area contributed by atoms with E-state index in [0.717, 1.165) is 36.8 Å². The van der Waals surface area contributed by atoms with Crippen LogP contribution in [0.5, 0.6) is 0 Å². The molecule has 0 saturated carbocycles. The van der Waals surface area contributed by atoms with Crippen LogP contribution in [0.25, 0.3) is 0 Å². The first-order valence-electron chi connectivity index (χ1n) is 16.3. The number of ketones is 2. The first-order valence-corrected chi connectivity index (χ1v) is 18.3. The number of carbonyl (C=O) groups is 2. The van der Waals surface area contributed by atoms with Crippen molar-refractivity contribution < 1.29 is 9.59 Å². The molecule has 0 atom stereocenters. The summed E-state index contributed by atoms with van der Waals surface area (Å²) in [6.45, 7) is 4.55. The molecule has 1 aromatic rings. The van der Waals surface area contributed by atoms with E-state index in [1.165, 1.54) is 128 Å². The van der Waals surface area contributed by atoms with Crippen LogP contribution in [0.3, 0.4) is 0 Å². The molecule has 1 rings (SSSR count). The van der Waals surface area contributed by atoms with E-state index >= 15 is 0 Å². The molecule has 214 valence electrons. The van der Waals surface area contributed by atoms with Crippen molar-refractivity contribution in [3.63, 3.8) is 0 Å². The Morgan fingerprint density at radius 2 is 0.676 bits per heavy atom. The van der Waals surface area contributed by atoms with E-state index in [-0.39, 0.29) is 26.1 Å². The van der Waals surface area contributed by atoms with Gasteiger partial charge in [0, 0.05) is 0 Å². The molecule has 1 heterocycles. The molecule has 0 spiro atoms. The van der Waals surface area contributed by atoms with Crippen molar-refractivity contribution >= 4 is 26.1 Å². The third-order valence-electron chi connectivity index (χ3n) is 7.78. The van der Waals surface area contributed by atoms with Crippen LogP contribution in [0.1, 0.15) is 202 Å². The van der Waals surface area contributed by atoms with Gasteiger partial charge in [-0.05, 0) is 0 Å². The zero-order chi connectivity index (χ0) is 26.8. The van der Waals surface area contributed by atoms with Gasteiger partial charge in [0.05, 0.1) is 0 Å². The molecule has 0 bridgehead atoms. The van der Waals surface area contributed by atoms with Gasteiger partial charge in [0.2, 0.25) is 0 Å². The average molecular weight is 580 g/mol. The molecule has 0 saturated heterocycles. The van der Waals surface area contributed by atoms with Crippen LogP contribution < -0.4 is 0 Å². The van der Waals surface area contributed by atoms with Crippen molar-refractivity contribution in [3.05, 3.63) is 21.0 Å². The van der Waals surface area contributed by atoms with Crippen LogP contribution in [-0.2, 0) is 0 Å². The molecule has 3 heteroatoms. The minimum Gasteiger partial charge on any atom is -0.0654 e. The molecule has 0 fully saturated rings. The van der Waals surface area contributed by atoms with Gasteiger partial charge in [-0.2, -0.15) is 0 Å². The molecule has 0 aromatic carbocycles. The maximum atomic E-state index is 12.8. The second-order valence-electron chi connectivity index (χ2n) is 11.3. The molecule has 2 nitrogen and oxygen atoms in total. The second-order valence-corrected chi connectivity index (χ2v) is 12.9. The van der Waals surface area contributed by atoms with E-state index in [1.807, 2.05) is 9.88 Å². The number of rotatable bonds is 28. The number of carbonyl (C=O) groups excluding carboxylic acids is 2. The number of hydrogen-bond donors (Lipinski definition) is 0. The standard InChI is InChI=1S/C34H60O2Se/c1-3-5-7-9-11-13-15-17-19-21-23-25-27-33(35)31-29-37-30-32(31)34(36)28-26-24-22-20-18-16-14-12-10-8-6-4-2/h29-30H,3-28H2,1-2H3. The number of hydrogen-bond acceptors (Lipinski definition) is 2. The summed E-state index contributed by atoms with van der Waals surface area (Å²) in [5, 5.41) is 0. The molecule has 0 aliphatic rings. The predicted octanol–water partition coefficient (Wildman–Crippen LogP) is 11.3. The summed E-state index contributed by atoms with van der Waals surface area (Å²) in [4.78, 5) is 29.6. The topological polar surface area (TPSA) is 34.1 Å². The molecule has 0 aliphatic carbocycles. The Labute approximate surface area is 236 Å². The summed E-state index contributed by atoms with van der Waals surface area (Å²) >= 11 is 0.184. The number of unbranched alkanes of at least 4 members (excludes halogenated alkanes) is 22. The zero-order valence-electron chi connectivity index (χ0n) is 24.8. The molecule has 1 aromatic heterocycles. The van der Waals surface area contributed by atoms with E-state index in [1.54, 1.807) is 0 Å². The summed E-state index contributed by atoms with van der Waals surface area (Å²) in [6.07, 6.45) is 32.6. The van der Waals surface area contributed by atoms with E-state index in [2.05, 4.69) is 13.8 Å². The third-order valence-corrected chi connectivity index (χ3v) is 9.34. The van der Waals surface area contributed by atoms with E-state index < -0.39 is 0 Å². The first kappa shape index (κ1) is 34.4. The molecule has 37 heavy (non-hydrogen) atoms. The average Bonchev–Trinajstić information content (AvgIpc) is 3.40. The van der Waals surface area contributed by atoms with Crippen LogP contribution in [0.15, 0.2) is 9.88 Å². The summed E-state index contributed by atoms with van der Waals surface area (Å²) < 4.78 is 0. The zero-order valence-corrected chi connectivity index (χ0v) is 26.5. The van der Waals surface area contributed by atoms with E-state index in [0.29, 0.717) is 12.8 Å². The Hall–Kier alpha value is -0.661.